The number of hydrogen-bond acceptors (Lipinski definition) is 5. The monoisotopic (exact) mass is 419 g/mol. The molecule has 4 rings (SSSR count). The van der Waals surface area contributed by atoms with Gasteiger partial charge in [0.15, 0.2) is 5.78 Å². The van der Waals surface area contributed by atoms with Gasteiger partial charge in [0.2, 0.25) is 0 Å². The molecule has 2 aromatic carbocycles. The summed E-state index contributed by atoms with van der Waals surface area (Å²) in [6, 6.07) is 12.8. The molecule has 0 bridgehead atoms. The molecule has 5 nitrogen and oxygen atoms in total. The highest BCUT2D eigenvalue weighted by Crippen LogP contribution is 2.36. The highest BCUT2D eigenvalue weighted by Gasteiger charge is 2.26. The second kappa shape index (κ2) is 9.35. The van der Waals surface area contributed by atoms with Crippen molar-refractivity contribution in [2.45, 2.75) is 39.0 Å². The second-order valence-electron chi connectivity index (χ2n) is 7.99. The Bertz CT molecular complexity index is 1080. The quantitative estimate of drug-likeness (QED) is 0.428. The maximum Gasteiger partial charge on any atom is 0.163 e. The van der Waals surface area contributed by atoms with Gasteiger partial charge in [-0.05, 0) is 61.1 Å². The van der Waals surface area contributed by atoms with Crippen LogP contribution in [0.2, 0.25) is 0 Å². The van der Waals surface area contributed by atoms with Crippen molar-refractivity contribution < 1.29 is 14.3 Å². The van der Waals surface area contributed by atoms with Crippen molar-refractivity contribution in [3.05, 3.63) is 82.6 Å². The minimum absolute atomic E-state index is 0.110. The summed E-state index contributed by atoms with van der Waals surface area (Å²) < 4.78 is 13.7. The molecule has 0 saturated heterocycles. The minimum Gasteiger partial charge on any atom is -0.396 e. The number of aromatic nitrogens is 2. The molecule has 3 aromatic rings. The lowest BCUT2D eigenvalue weighted by atomic mass is 9.98. The second-order valence-corrected chi connectivity index (χ2v) is 7.99. The molecule has 0 unspecified atom stereocenters. The van der Waals surface area contributed by atoms with E-state index in [0.29, 0.717) is 25.7 Å². The van der Waals surface area contributed by atoms with Crippen molar-refractivity contribution in [1.82, 2.24) is 9.97 Å². The van der Waals surface area contributed by atoms with E-state index in [1.165, 1.54) is 12.1 Å². The van der Waals surface area contributed by atoms with E-state index in [0.717, 1.165) is 52.4 Å². The van der Waals surface area contributed by atoms with Crippen molar-refractivity contribution in [1.29, 1.82) is 0 Å². The average molecular weight is 420 g/mol. The molecule has 0 saturated carbocycles. The molecule has 2 heterocycles. The number of aliphatic hydroxyl groups excluding tert-OH is 1. The zero-order valence-electron chi connectivity index (χ0n) is 17.6. The molecule has 6 heteroatoms. The maximum absolute atomic E-state index is 13.7. The number of aryl methyl sites for hydroxylation is 1. The Hall–Kier alpha value is -3.12. The fourth-order valence-corrected chi connectivity index (χ4v) is 4.22. The zero-order chi connectivity index (χ0) is 21.8. The molecule has 0 radical (unpaired) electrons. The summed E-state index contributed by atoms with van der Waals surface area (Å²) in [6.07, 6.45) is 4.62. The maximum atomic E-state index is 13.7. The largest absolute Gasteiger partial charge is 0.396 e. The van der Waals surface area contributed by atoms with E-state index >= 15 is 0 Å². The number of benzene rings is 2. The first-order valence-electron chi connectivity index (χ1n) is 10.7. The van der Waals surface area contributed by atoms with Crippen molar-refractivity contribution in [2.75, 3.05) is 18.1 Å². The van der Waals surface area contributed by atoms with E-state index in [1.54, 1.807) is 6.33 Å². The van der Waals surface area contributed by atoms with Gasteiger partial charge in [-0.15, -0.1) is 0 Å². The fourth-order valence-electron chi connectivity index (χ4n) is 4.22. The molecular weight excluding hydrogens is 393 g/mol. The Labute approximate surface area is 181 Å². The van der Waals surface area contributed by atoms with E-state index in [9.17, 15) is 9.18 Å². The first kappa shape index (κ1) is 21.1. The third-order valence-electron chi connectivity index (χ3n) is 5.61. The number of carbonyl (C=O) groups excluding carboxylic acids is 1. The molecular formula is C25H26FN3O2. The van der Waals surface area contributed by atoms with Gasteiger partial charge in [0.05, 0.1) is 5.69 Å². The van der Waals surface area contributed by atoms with Crippen LogP contribution in [0.25, 0.3) is 0 Å². The van der Waals surface area contributed by atoms with Crippen molar-refractivity contribution in [3.63, 3.8) is 0 Å². The van der Waals surface area contributed by atoms with E-state index in [-0.39, 0.29) is 18.2 Å². The van der Waals surface area contributed by atoms with Gasteiger partial charge in [-0.1, -0.05) is 18.2 Å². The topological polar surface area (TPSA) is 66.3 Å². The summed E-state index contributed by atoms with van der Waals surface area (Å²) in [6.45, 7) is 2.73. The van der Waals surface area contributed by atoms with Crippen LogP contribution < -0.4 is 4.90 Å². The molecule has 0 atom stereocenters. The summed E-state index contributed by atoms with van der Waals surface area (Å²) in [5, 5.41) is 8.96. The van der Waals surface area contributed by atoms with Crippen molar-refractivity contribution in [2.24, 2.45) is 0 Å². The standard InChI is InChI=1S/C25H26FN3O2/c1-17-11-18(13-19(26)12-17)14-20-15-25(28-16-27-20)29-9-8-21-22(5-4-6-23(21)29)24(31)7-2-3-10-30/h4-6,11-13,15-16,30H,2-3,7-10,14H2,1H3. The highest BCUT2D eigenvalue weighted by molar-refractivity contribution is 5.99. The van der Waals surface area contributed by atoms with Crippen LogP contribution in [-0.4, -0.2) is 34.0 Å². The van der Waals surface area contributed by atoms with Gasteiger partial charge in [-0.2, -0.15) is 0 Å². The number of halogens is 1. The summed E-state index contributed by atoms with van der Waals surface area (Å²) in [4.78, 5) is 23.6. The number of rotatable bonds is 8. The molecule has 0 fully saturated rings. The Morgan fingerprint density at radius 3 is 2.84 bits per heavy atom. The van der Waals surface area contributed by atoms with Crippen molar-refractivity contribution >= 4 is 17.3 Å². The predicted octanol–water partition coefficient (Wildman–Crippen LogP) is 4.55. The lowest BCUT2D eigenvalue weighted by Gasteiger charge is -2.19. The Balaban J connectivity index is 1.57. The predicted molar refractivity (Wildman–Crippen MR) is 118 cm³/mol. The average Bonchev–Trinajstić information content (AvgIpc) is 3.17. The van der Waals surface area contributed by atoms with Crippen molar-refractivity contribution in [3.8, 4) is 0 Å². The first-order chi connectivity index (χ1) is 15.0. The highest BCUT2D eigenvalue weighted by atomic mass is 19.1. The first-order valence-corrected chi connectivity index (χ1v) is 10.7. The van der Waals surface area contributed by atoms with Gasteiger partial charge in [0, 0.05) is 43.3 Å². The molecule has 1 aliphatic heterocycles. The lowest BCUT2D eigenvalue weighted by Crippen LogP contribution is -2.15. The number of ketones is 1. The zero-order valence-corrected chi connectivity index (χ0v) is 17.6. The Morgan fingerprint density at radius 1 is 1.16 bits per heavy atom. The number of fused-ring (bicyclic) bond motifs is 1. The van der Waals surface area contributed by atoms with Crippen LogP contribution in [-0.2, 0) is 12.8 Å². The van der Waals surface area contributed by atoms with Crippen LogP contribution in [0, 0.1) is 12.7 Å². The van der Waals surface area contributed by atoms with Gasteiger partial charge >= 0.3 is 0 Å². The Kier molecular flexibility index (Phi) is 6.37. The number of nitrogens with zero attached hydrogens (tertiary/aromatic N) is 3. The number of hydrogen-bond donors (Lipinski definition) is 1. The number of unbranched alkanes of at least 4 members (excludes halogenated alkanes) is 1. The van der Waals surface area contributed by atoms with Crippen LogP contribution in [0.3, 0.4) is 0 Å². The Morgan fingerprint density at radius 2 is 2.03 bits per heavy atom. The fraction of sp³-hybridized carbons (Fsp3) is 0.320. The molecule has 1 aliphatic rings. The molecule has 160 valence electrons. The minimum atomic E-state index is -0.242. The molecule has 0 aliphatic carbocycles. The molecule has 0 spiro atoms. The van der Waals surface area contributed by atoms with Crippen LogP contribution in [0.4, 0.5) is 15.9 Å². The lowest BCUT2D eigenvalue weighted by molar-refractivity contribution is 0.0976. The molecule has 1 N–H and O–H groups in total. The summed E-state index contributed by atoms with van der Waals surface area (Å²) >= 11 is 0. The summed E-state index contributed by atoms with van der Waals surface area (Å²) in [7, 11) is 0. The molecule has 0 amide bonds. The van der Waals surface area contributed by atoms with Crippen LogP contribution in [0.1, 0.15) is 52.0 Å². The van der Waals surface area contributed by atoms with Crippen LogP contribution >= 0.6 is 0 Å². The van der Waals surface area contributed by atoms with Gasteiger partial charge in [0.1, 0.15) is 18.0 Å². The van der Waals surface area contributed by atoms with E-state index in [4.69, 9.17) is 5.11 Å². The van der Waals surface area contributed by atoms with Gasteiger partial charge in [-0.3, -0.25) is 4.79 Å². The normalized spacial score (nSPS) is 12.8. The number of Topliss-reactive ketones (excluding diaryl/α,β-unsaturated/α-hetero) is 1. The number of carbonyl (C=O) groups is 1. The van der Waals surface area contributed by atoms with Crippen LogP contribution in [0.15, 0.2) is 48.8 Å². The molecule has 31 heavy (non-hydrogen) atoms. The summed E-state index contributed by atoms with van der Waals surface area (Å²) in [5.41, 5.74) is 5.40. The van der Waals surface area contributed by atoms with Gasteiger partial charge in [0.25, 0.3) is 0 Å². The smallest absolute Gasteiger partial charge is 0.163 e. The van der Waals surface area contributed by atoms with E-state index in [2.05, 4.69) is 14.9 Å². The third-order valence-corrected chi connectivity index (χ3v) is 5.61. The van der Waals surface area contributed by atoms with Gasteiger partial charge < -0.3 is 10.0 Å². The van der Waals surface area contributed by atoms with E-state index in [1.807, 2.05) is 37.3 Å². The SMILES string of the molecule is Cc1cc(F)cc(Cc2cc(N3CCc4c(C(=O)CCCCO)cccc43)ncn2)c1. The van der Waals surface area contributed by atoms with Crippen LogP contribution in [0.5, 0.6) is 0 Å². The number of anilines is 2. The van der Waals surface area contributed by atoms with Gasteiger partial charge in [-0.25, -0.2) is 14.4 Å². The number of aliphatic hydroxyl groups is 1. The third kappa shape index (κ3) is 4.80. The summed E-state index contributed by atoms with van der Waals surface area (Å²) in [5.74, 6) is 0.660. The molecule has 1 aromatic heterocycles. The van der Waals surface area contributed by atoms with E-state index < -0.39 is 0 Å².